The third kappa shape index (κ3) is 4.92. The van der Waals surface area contributed by atoms with Gasteiger partial charge in [-0.2, -0.15) is 0 Å². The van der Waals surface area contributed by atoms with Gasteiger partial charge in [-0.3, -0.25) is 14.9 Å². The van der Waals surface area contributed by atoms with E-state index in [1.54, 1.807) is 25.1 Å². The van der Waals surface area contributed by atoms with E-state index in [1.165, 1.54) is 12.1 Å². The van der Waals surface area contributed by atoms with E-state index in [1.807, 2.05) is 0 Å². The first-order chi connectivity index (χ1) is 14.0. The molecule has 0 unspecified atom stereocenters. The van der Waals surface area contributed by atoms with Gasteiger partial charge in [0.15, 0.2) is 23.9 Å². The van der Waals surface area contributed by atoms with Gasteiger partial charge < -0.3 is 24.3 Å². The Balaban J connectivity index is 1.52. The molecule has 2 aromatic rings. The summed E-state index contributed by atoms with van der Waals surface area (Å²) in [6.45, 7) is 1.78. The number of nitrogens with one attached hydrogen (secondary N) is 1. The minimum absolute atomic E-state index is 0.0514. The molecule has 0 aliphatic carbocycles. The van der Waals surface area contributed by atoms with E-state index in [9.17, 15) is 19.7 Å². The van der Waals surface area contributed by atoms with E-state index in [4.69, 9.17) is 18.9 Å². The molecule has 1 aliphatic heterocycles. The zero-order valence-electron chi connectivity index (χ0n) is 15.5. The fourth-order valence-electron chi connectivity index (χ4n) is 2.58. The first-order valence-corrected chi connectivity index (χ1v) is 8.71. The van der Waals surface area contributed by atoms with E-state index in [-0.39, 0.29) is 36.9 Å². The Morgan fingerprint density at radius 1 is 1.17 bits per heavy atom. The lowest BCUT2D eigenvalue weighted by molar-refractivity contribution is -0.385. The maximum Gasteiger partial charge on any atom is 0.338 e. The number of carbonyl (C=O) groups excluding carboxylic acids is 2. The van der Waals surface area contributed by atoms with E-state index < -0.39 is 23.4 Å². The second kappa shape index (κ2) is 8.91. The van der Waals surface area contributed by atoms with Crippen molar-refractivity contribution in [2.75, 3.05) is 20.0 Å². The van der Waals surface area contributed by atoms with Gasteiger partial charge in [-0.05, 0) is 36.8 Å². The summed E-state index contributed by atoms with van der Waals surface area (Å²) in [5, 5.41) is 13.7. The first kappa shape index (κ1) is 19.9. The summed E-state index contributed by atoms with van der Waals surface area (Å²) in [6, 6.07) is 8.97. The molecule has 0 bridgehead atoms. The highest BCUT2D eigenvalue weighted by molar-refractivity contribution is 5.92. The fourth-order valence-corrected chi connectivity index (χ4v) is 2.58. The second-order valence-corrected chi connectivity index (χ2v) is 5.91. The van der Waals surface area contributed by atoms with Crippen molar-refractivity contribution in [3.8, 4) is 17.2 Å². The standard InChI is InChI=1S/C19H18N2O8/c1-2-26-15-6-4-13(8-14(15)21(24)25)19(23)27-10-18(22)20-9-12-3-5-16-17(7-12)29-11-28-16/h3-8H,2,9-11H2,1H3,(H,20,22). The third-order valence-corrected chi connectivity index (χ3v) is 3.95. The number of amides is 1. The molecule has 3 rings (SSSR count). The number of ether oxygens (including phenoxy) is 4. The Morgan fingerprint density at radius 2 is 1.97 bits per heavy atom. The van der Waals surface area contributed by atoms with E-state index in [0.29, 0.717) is 11.5 Å². The van der Waals surface area contributed by atoms with E-state index >= 15 is 0 Å². The van der Waals surface area contributed by atoms with Gasteiger partial charge >= 0.3 is 11.7 Å². The van der Waals surface area contributed by atoms with Crippen LogP contribution in [0, 0.1) is 10.1 Å². The van der Waals surface area contributed by atoms with Crippen molar-refractivity contribution in [3.05, 3.63) is 57.6 Å². The van der Waals surface area contributed by atoms with Gasteiger partial charge in [-0.25, -0.2) is 4.79 Å². The van der Waals surface area contributed by atoms with Crippen molar-refractivity contribution >= 4 is 17.6 Å². The van der Waals surface area contributed by atoms with Crippen LogP contribution in [0.5, 0.6) is 17.2 Å². The SMILES string of the molecule is CCOc1ccc(C(=O)OCC(=O)NCc2ccc3c(c2)OCO3)cc1[N+](=O)[O-]. The maximum atomic E-state index is 12.1. The van der Waals surface area contributed by atoms with Crippen molar-refractivity contribution in [3.63, 3.8) is 0 Å². The topological polar surface area (TPSA) is 126 Å². The quantitative estimate of drug-likeness (QED) is 0.405. The minimum atomic E-state index is -0.852. The maximum absolute atomic E-state index is 12.1. The summed E-state index contributed by atoms with van der Waals surface area (Å²) in [5.41, 5.74) is 0.383. The van der Waals surface area contributed by atoms with Crippen molar-refractivity contribution in [2.24, 2.45) is 0 Å². The number of nitrogens with zero attached hydrogens (tertiary/aromatic N) is 1. The van der Waals surface area contributed by atoms with Gasteiger partial charge in [0.05, 0.1) is 17.1 Å². The largest absolute Gasteiger partial charge is 0.487 e. The summed E-state index contributed by atoms with van der Waals surface area (Å²) in [7, 11) is 0. The van der Waals surface area contributed by atoms with Crippen LogP contribution in [0.4, 0.5) is 5.69 Å². The van der Waals surface area contributed by atoms with Crippen LogP contribution in [0.3, 0.4) is 0 Å². The summed E-state index contributed by atoms with van der Waals surface area (Å²) in [5.74, 6) is -0.0833. The molecule has 0 radical (unpaired) electrons. The Labute approximate surface area is 165 Å². The molecular formula is C19H18N2O8. The van der Waals surface area contributed by atoms with Crippen LogP contribution in [0.25, 0.3) is 0 Å². The van der Waals surface area contributed by atoms with Crippen LogP contribution in [0.1, 0.15) is 22.8 Å². The Hall–Kier alpha value is -3.82. The molecule has 152 valence electrons. The van der Waals surface area contributed by atoms with Crippen molar-refractivity contribution in [1.82, 2.24) is 5.32 Å². The summed E-state index contributed by atoms with van der Waals surface area (Å²) >= 11 is 0. The zero-order chi connectivity index (χ0) is 20.8. The molecule has 2 aromatic carbocycles. The van der Waals surface area contributed by atoms with Crippen molar-refractivity contribution < 1.29 is 33.5 Å². The number of hydrogen-bond donors (Lipinski definition) is 1. The van der Waals surface area contributed by atoms with Crippen LogP contribution in [0.2, 0.25) is 0 Å². The molecule has 0 saturated carbocycles. The smallest absolute Gasteiger partial charge is 0.338 e. The van der Waals surface area contributed by atoms with Crippen LogP contribution in [0.15, 0.2) is 36.4 Å². The Bertz CT molecular complexity index is 944. The third-order valence-electron chi connectivity index (χ3n) is 3.95. The zero-order valence-corrected chi connectivity index (χ0v) is 15.5. The number of fused-ring (bicyclic) bond motifs is 1. The van der Waals surface area contributed by atoms with Crippen LogP contribution in [-0.4, -0.2) is 36.8 Å². The summed E-state index contributed by atoms with van der Waals surface area (Å²) < 4.78 is 20.6. The Kier molecular flexibility index (Phi) is 6.12. The predicted molar refractivity (Wildman–Crippen MR) is 99.0 cm³/mol. The molecule has 0 fully saturated rings. The lowest BCUT2D eigenvalue weighted by atomic mass is 10.2. The molecule has 0 atom stereocenters. The molecule has 0 aromatic heterocycles. The predicted octanol–water partition coefficient (Wildman–Crippen LogP) is 2.20. The molecular weight excluding hydrogens is 384 g/mol. The van der Waals surface area contributed by atoms with Crippen LogP contribution in [-0.2, 0) is 16.1 Å². The summed E-state index contributed by atoms with van der Waals surface area (Å²) in [4.78, 5) is 34.5. The average Bonchev–Trinajstić information content (AvgIpc) is 3.18. The number of carbonyl (C=O) groups is 2. The summed E-state index contributed by atoms with van der Waals surface area (Å²) in [6.07, 6.45) is 0. The average molecular weight is 402 g/mol. The van der Waals surface area contributed by atoms with Crippen molar-refractivity contribution in [2.45, 2.75) is 13.5 Å². The molecule has 0 saturated heterocycles. The lowest BCUT2D eigenvalue weighted by Crippen LogP contribution is -2.28. The molecule has 1 N–H and O–H groups in total. The molecule has 1 aliphatic rings. The molecule has 10 heteroatoms. The highest BCUT2D eigenvalue weighted by Crippen LogP contribution is 2.32. The van der Waals surface area contributed by atoms with E-state index in [0.717, 1.165) is 11.6 Å². The van der Waals surface area contributed by atoms with Crippen LogP contribution >= 0.6 is 0 Å². The first-order valence-electron chi connectivity index (χ1n) is 8.71. The van der Waals surface area contributed by atoms with Gasteiger partial charge in [0.1, 0.15) is 0 Å². The molecule has 29 heavy (non-hydrogen) atoms. The number of esters is 1. The molecule has 10 nitrogen and oxygen atoms in total. The van der Waals surface area contributed by atoms with Crippen molar-refractivity contribution in [1.29, 1.82) is 0 Å². The second-order valence-electron chi connectivity index (χ2n) is 5.91. The lowest BCUT2D eigenvalue weighted by Gasteiger charge is -2.08. The highest BCUT2D eigenvalue weighted by Gasteiger charge is 2.20. The fraction of sp³-hybridized carbons (Fsp3) is 0.263. The highest BCUT2D eigenvalue weighted by atomic mass is 16.7. The van der Waals surface area contributed by atoms with Gasteiger partial charge in [-0.15, -0.1) is 0 Å². The number of hydrogen-bond acceptors (Lipinski definition) is 8. The number of nitro benzene ring substituents is 1. The number of rotatable bonds is 8. The molecule has 1 amide bonds. The normalized spacial score (nSPS) is 11.6. The number of benzene rings is 2. The van der Waals surface area contributed by atoms with Gasteiger partial charge in [0, 0.05) is 12.6 Å². The minimum Gasteiger partial charge on any atom is -0.487 e. The molecule has 1 heterocycles. The molecule has 0 spiro atoms. The van der Waals surface area contributed by atoms with Crippen LogP contribution < -0.4 is 19.5 Å². The Morgan fingerprint density at radius 3 is 2.72 bits per heavy atom. The van der Waals surface area contributed by atoms with E-state index in [2.05, 4.69) is 5.32 Å². The van der Waals surface area contributed by atoms with Gasteiger partial charge in [0.2, 0.25) is 6.79 Å². The number of nitro groups is 1. The van der Waals surface area contributed by atoms with Gasteiger partial charge in [-0.1, -0.05) is 6.07 Å². The van der Waals surface area contributed by atoms with Gasteiger partial charge in [0.25, 0.3) is 5.91 Å². The monoisotopic (exact) mass is 402 g/mol.